The van der Waals surface area contributed by atoms with Crippen molar-refractivity contribution in [3.05, 3.63) is 0 Å². The average Bonchev–Trinajstić information content (AvgIpc) is 2.68. The molecule has 0 aliphatic carbocycles. The minimum atomic E-state index is -1.63. The van der Waals surface area contributed by atoms with Gasteiger partial charge in [0.1, 0.15) is 18.1 Å². The van der Waals surface area contributed by atoms with Crippen LogP contribution in [0.3, 0.4) is 0 Å². The lowest BCUT2D eigenvalue weighted by Gasteiger charge is -2.23. The SMILES string of the molecule is CC(NC(=O)C(N)CC(=O)O)C(=O)NC(CCCN=C(N)N)C(=O)NC(CC(N)=O)C(=O)O. The van der Waals surface area contributed by atoms with Crippen molar-refractivity contribution in [1.82, 2.24) is 16.0 Å². The number of guanidine groups is 1. The quantitative estimate of drug-likeness (QED) is 0.0616. The van der Waals surface area contributed by atoms with Gasteiger partial charge in [-0.15, -0.1) is 0 Å². The summed E-state index contributed by atoms with van der Waals surface area (Å²) in [6.07, 6.45) is -1.17. The Morgan fingerprint density at radius 2 is 1.42 bits per heavy atom. The Labute approximate surface area is 188 Å². The molecule has 0 fully saturated rings. The van der Waals surface area contributed by atoms with Crippen molar-refractivity contribution in [1.29, 1.82) is 0 Å². The highest BCUT2D eigenvalue weighted by atomic mass is 16.4. The van der Waals surface area contributed by atoms with E-state index in [9.17, 15) is 28.8 Å². The number of aliphatic carboxylic acids is 2. The smallest absolute Gasteiger partial charge is 0.326 e. The molecule has 0 aliphatic rings. The van der Waals surface area contributed by atoms with Crippen LogP contribution in [0.2, 0.25) is 0 Å². The highest BCUT2D eigenvalue weighted by molar-refractivity contribution is 5.95. The van der Waals surface area contributed by atoms with Crippen molar-refractivity contribution < 1.29 is 39.0 Å². The van der Waals surface area contributed by atoms with Crippen molar-refractivity contribution >= 4 is 41.5 Å². The topological polar surface area (TPSA) is 295 Å². The molecular formula is C17H30N8O8. The van der Waals surface area contributed by atoms with Crippen LogP contribution < -0.4 is 38.9 Å². The summed E-state index contributed by atoms with van der Waals surface area (Å²) in [5, 5.41) is 24.5. The Morgan fingerprint density at radius 3 is 1.91 bits per heavy atom. The van der Waals surface area contributed by atoms with Gasteiger partial charge in [-0.1, -0.05) is 0 Å². The maximum Gasteiger partial charge on any atom is 0.326 e. The van der Waals surface area contributed by atoms with Crippen molar-refractivity contribution in [2.45, 2.75) is 56.8 Å². The molecule has 4 amide bonds. The molecule has 4 atom stereocenters. The highest BCUT2D eigenvalue weighted by Gasteiger charge is 2.29. The number of nitrogens with two attached hydrogens (primary N) is 4. The number of rotatable bonds is 15. The van der Waals surface area contributed by atoms with E-state index in [1.165, 1.54) is 6.92 Å². The van der Waals surface area contributed by atoms with Crippen LogP contribution in [0.4, 0.5) is 0 Å². The average molecular weight is 474 g/mol. The molecular weight excluding hydrogens is 444 g/mol. The van der Waals surface area contributed by atoms with Gasteiger partial charge in [-0.25, -0.2) is 4.79 Å². The summed E-state index contributed by atoms with van der Waals surface area (Å²) in [7, 11) is 0. The molecule has 0 heterocycles. The molecule has 0 spiro atoms. The number of carbonyl (C=O) groups excluding carboxylic acids is 4. The van der Waals surface area contributed by atoms with E-state index in [4.69, 9.17) is 33.1 Å². The molecule has 0 aromatic rings. The number of hydrogen-bond donors (Lipinski definition) is 9. The summed E-state index contributed by atoms with van der Waals surface area (Å²) < 4.78 is 0. The number of carboxylic acid groups (broad SMARTS) is 2. The molecule has 0 saturated carbocycles. The third-order valence-electron chi connectivity index (χ3n) is 4.08. The zero-order chi connectivity index (χ0) is 25.7. The van der Waals surface area contributed by atoms with Crippen LogP contribution >= 0.6 is 0 Å². The van der Waals surface area contributed by atoms with E-state index in [-0.39, 0.29) is 25.3 Å². The predicted molar refractivity (Wildman–Crippen MR) is 113 cm³/mol. The molecule has 0 aromatic carbocycles. The molecule has 0 rings (SSSR count). The first-order valence-corrected chi connectivity index (χ1v) is 9.69. The highest BCUT2D eigenvalue weighted by Crippen LogP contribution is 2.03. The lowest BCUT2D eigenvalue weighted by Crippen LogP contribution is -2.56. The van der Waals surface area contributed by atoms with Gasteiger partial charge in [0.15, 0.2) is 5.96 Å². The van der Waals surface area contributed by atoms with Crippen molar-refractivity contribution in [3.63, 3.8) is 0 Å². The minimum Gasteiger partial charge on any atom is -0.481 e. The van der Waals surface area contributed by atoms with Crippen LogP contribution in [0, 0.1) is 0 Å². The van der Waals surface area contributed by atoms with Gasteiger partial charge in [-0.05, 0) is 19.8 Å². The Hall–Kier alpha value is -3.95. The molecule has 0 saturated heterocycles. The molecule has 16 nitrogen and oxygen atoms in total. The number of hydrogen-bond acceptors (Lipinski definition) is 8. The van der Waals surface area contributed by atoms with Crippen LogP contribution in [0.5, 0.6) is 0 Å². The maximum atomic E-state index is 12.6. The van der Waals surface area contributed by atoms with Gasteiger partial charge < -0.3 is 49.1 Å². The van der Waals surface area contributed by atoms with Gasteiger partial charge in [-0.2, -0.15) is 0 Å². The van der Waals surface area contributed by atoms with E-state index in [1.54, 1.807) is 0 Å². The first-order chi connectivity index (χ1) is 15.2. The van der Waals surface area contributed by atoms with E-state index in [1.807, 2.05) is 0 Å². The summed E-state index contributed by atoms with van der Waals surface area (Å²) in [6, 6.07) is -5.53. The van der Waals surface area contributed by atoms with Crippen LogP contribution in [-0.4, -0.2) is 82.5 Å². The van der Waals surface area contributed by atoms with Crippen molar-refractivity contribution in [2.24, 2.45) is 27.9 Å². The normalized spacial score (nSPS) is 14.0. The lowest BCUT2D eigenvalue weighted by molar-refractivity contribution is -0.143. The second kappa shape index (κ2) is 14.2. The standard InChI is InChI=1S/C17H30N8O8/c1-7(23-14(30)8(18)5-12(27)28)13(29)24-9(3-2-4-22-17(20)21)15(31)25-10(16(32)33)6-11(19)26/h7-10H,2-6,18H2,1H3,(H2,19,26)(H,23,30)(H,24,29)(H,25,31)(H,27,28)(H,32,33)(H4,20,21,22). The van der Waals surface area contributed by atoms with Crippen LogP contribution in [0.25, 0.3) is 0 Å². The van der Waals surface area contributed by atoms with Gasteiger partial charge >= 0.3 is 11.9 Å². The van der Waals surface area contributed by atoms with Gasteiger partial charge in [0.05, 0.1) is 18.9 Å². The Bertz CT molecular complexity index is 783. The number of aliphatic imine (C=N–C) groups is 1. The molecule has 16 heteroatoms. The van der Waals surface area contributed by atoms with Gasteiger partial charge in [-0.3, -0.25) is 29.0 Å². The number of carboxylic acids is 2. The number of carbonyl (C=O) groups is 6. The zero-order valence-corrected chi connectivity index (χ0v) is 17.9. The van der Waals surface area contributed by atoms with E-state index in [2.05, 4.69) is 20.9 Å². The Morgan fingerprint density at radius 1 is 0.848 bits per heavy atom. The second-order valence-corrected chi connectivity index (χ2v) is 7.01. The molecule has 0 aromatic heterocycles. The van der Waals surface area contributed by atoms with Gasteiger partial charge in [0, 0.05) is 6.54 Å². The fraction of sp³-hybridized carbons (Fsp3) is 0.588. The molecule has 0 aliphatic heterocycles. The van der Waals surface area contributed by atoms with Crippen molar-refractivity contribution in [2.75, 3.05) is 6.54 Å². The molecule has 13 N–H and O–H groups in total. The van der Waals surface area contributed by atoms with E-state index >= 15 is 0 Å². The lowest BCUT2D eigenvalue weighted by atomic mass is 10.1. The number of nitrogens with zero attached hydrogens (tertiary/aromatic N) is 1. The van der Waals surface area contributed by atoms with Crippen LogP contribution in [0.1, 0.15) is 32.6 Å². The third kappa shape index (κ3) is 12.5. The molecule has 33 heavy (non-hydrogen) atoms. The molecule has 0 radical (unpaired) electrons. The Balaban J connectivity index is 5.28. The molecule has 4 unspecified atom stereocenters. The van der Waals surface area contributed by atoms with E-state index < -0.39 is 72.6 Å². The fourth-order valence-corrected chi connectivity index (χ4v) is 2.41. The third-order valence-corrected chi connectivity index (χ3v) is 4.08. The largest absolute Gasteiger partial charge is 0.481 e. The molecule has 186 valence electrons. The van der Waals surface area contributed by atoms with Crippen molar-refractivity contribution in [3.8, 4) is 0 Å². The zero-order valence-electron chi connectivity index (χ0n) is 17.9. The van der Waals surface area contributed by atoms with Gasteiger partial charge in [0.2, 0.25) is 23.6 Å². The van der Waals surface area contributed by atoms with E-state index in [0.717, 1.165) is 0 Å². The fourth-order valence-electron chi connectivity index (χ4n) is 2.41. The number of amides is 4. The first kappa shape index (κ1) is 29.0. The first-order valence-electron chi connectivity index (χ1n) is 9.69. The minimum absolute atomic E-state index is 0.0313. The summed E-state index contributed by atoms with van der Waals surface area (Å²) in [5.74, 6) is -6.65. The number of nitrogens with one attached hydrogen (secondary N) is 3. The maximum absolute atomic E-state index is 12.6. The van der Waals surface area contributed by atoms with Crippen LogP contribution in [-0.2, 0) is 28.8 Å². The molecule has 0 bridgehead atoms. The van der Waals surface area contributed by atoms with E-state index in [0.29, 0.717) is 0 Å². The predicted octanol–water partition coefficient (Wildman–Crippen LogP) is -4.72. The Kier molecular flexibility index (Phi) is 12.5. The van der Waals surface area contributed by atoms with Gasteiger partial charge in [0.25, 0.3) is 0 Å². The summed E-state index contributed by atoms with van der Waals surface area (Å²) in [6.45, 7) is 1.37. The summed E-state index contributed by atoms with van der Waals surface area (Å²) in [4.78, 5) is 73.6. The number of primary amides is 1. The summed E-state index contributed by atoms with van der Waals surface area (Å²) in [5.41, 5.74) is 20.8. The summed E-state index contributed by atoms with van der Waals surface area (Å²) >= 11 is 0. The van der Waals surface area contributed by atoms with Crippen LogP contribution in [0.15, 0.2) is 4.99 Å². The second-order valence-electron chi connectivity index (χ2n) is 7.01. The monoisotopic (exact) mass is 474 g/mol.